The number of hydrogen-bond donors (Lipinski definition) is 3. The largest absolute Gasteiger partial charge is 0.383 e. The van der Waals surface area contributed by atoms with Crippen LogP contribution in [-0.4, -0.2) is 44.6 Å². The average Bonchev–Trinajstić information content (AvgIpc) is 3.41. The van der Waals surface area contributed by atoms with E-state index < -0.39 is 15.7 Å². The summed E-state index contributed by atoms with van der Waals surface area (Å²) in [6.45, 7) is 3.89. The minimum Gasteiger partial charge on any atom is -0.383 e. The highest BCUT2D eigenvalue weighted by Crippen LogP contribution is 2.38. The number of nitrogens with one attached hydrogen (secondary N) is 2. The minimum absolute atomic E-state index is 0.00444. The second-order valence-electron chi connectivity index (χ2n) is 8.31. The molecule has 5 aromatic rings. The van der Waals surface area contributed by atoms with Crippen molar-refractivity contribution in [3.8, 4) is 11.3 Å². The van der Waals surface area contributed by atoms with E-state index in [0.29, 0.717) is 27.3 Å². The van der Waals surface area contributed by atoms with Crippen molar-refractivity contribution in [3.05, 3.63) is 47.4 Å². The normalized spacial score (nSPS) is 12.2. The van der Waals surface area contributed by atoms with Crippen LogP contribution >= 0.6 is 11.6 Å². The van der Waals surface area contributed by atoms with Crippen molar-refractivity contribution in [2.24, 2.45) is 0 Å². The summed E-state index contributed by atoms with van der Waals surface area (Å²) in [4.78, 5) is 8.75. The molecular formula is C22H20ClFN8O2S. The van der Waals surface area contributed by atoms with Gasteiger partial charge in [0.15, 0.2) is 15.5 Å². The summed E-state index contributed by atoms with van der Waals surface area (Å²) < 4.78 is 39.7. The summed E-state index contributed by atoms with van der Waals surface area (Å²) in [5.74, 6) is -0.588. The van der Waals surface area contributed by atoms with Gasteiger partial charge in [0, 0.05) is 23.2 Å². The Balaban J connectivity index is 1.66. The van der Waals surface area contributed by atoms with E-state index in [-0.39, 0.29) is 28.4 Å². The first kappa shape index (κ1) is 23.0. The molecule has 0 amide bonds. The molecule has 180 valence electrons. The Bertz CT molecular complexity index is 1730. The number of rotatable bonds is 5. The van der Waals surface area contributed by atoms with Gasteiger partial charge in [-0.25, -0.2) is 17.5 Å². The van der Waals surface area contributed by atoms with Crippen molar-refractivity contribution < 1.29 is 12.8 Å². The molecule has 0 spiro atoms. The molecule has 0 bridgehead atoms. The van der Waals surface area contributed by atoms with E-state index >= 15 is 0 Å². The highest BCUT2D eigenvalue weighted by molar-refractivity contribution is 7.90. The molecule has 10 nitrogen and oxygen atoms in total. The number of fused-ring (bicyclic) bond motifs is 2. The third-order valence-electron chi connectivity index (χ3n) is 5.50. The Morgan fingerprint density at radius 3 is 2.66 bits per heavy atom. The van der Waals surface area contributed by atoms with Gasteiger partial charge in [-0.1, -0.05) is 17.7 Å². The van der Waals surface area contributed by atoms with E-state index in [1.165, 1.54) is 12.1 Å². The second-order valence-corrected chi connectivity index (χ2v) is 10.7. The van der Waals surface area contributed by atoms with Crippen molar-refractivity contribution in [2.45, 2.75) is 24.8 Å². The first-order valence-electron chi connectivity index (χ1n) is 10.5. The molecular weight excluding hydrogens is 495 g/mol. The fourth-order valence-corrected chi connectivity index (χ4v) is 4.66. The number of aromatic amines is 1. The molecule has 0 aliphatic rings. The number of benzene rings is 2. The lowest BCUT2D eigenvalue weighted by Gasteiger charge is -2.10. The maximum Gasteiger partial charge on any atom is 0.231 e. The van der Waals surface area contributed by atoms with Gasteiger partial charge in [-0.05, 0) is 38.1 Å². The van der Waals surface area contributed by atoms with Crippen molar-refractivity contribution in [2.75, 3.05) is 17.3 Å². The molecule has 35 heavy (non-hydrogen) atoms. The lowest BCUT2D eigenvalue weighted by molar-refractivity contribution is 0.548. The van der Waals surface area contributed by atoms with Crippen LogP contribution in [0.5, 0.6) is 0 Å². The second kappa shape index (κ2) is 8.17. The van der Waals surface area contributed by atoms with E-state index in [4.69, 9.17) is 22.4 Å². The van der Waals surface area contributed by atoms with Crippen molar-refractivity contribution in [3.63, 3.8) is 0 Å². The molecule has 5 rings (SSSR count). The third-order valence-corrected chi connectivity index (χ3v) is 6.93. The van der Waals surface area contributed by atoms with Crippen molar-refractivity contribution in [1.82, 2.24) is 29.9 Å². The summed E-state index contributed by atoms with van der Waals surface area (Å²) in [6.07, 6.45) is 2.67. The highest BCUT2D eigenvalue weighted by atomic mass is 35.5. The van der Waals surface area contributed by atoms with Crippen LogP contribution < -0.4 is 11.1 Å². The van der Waals surface area contributed by atoms with Gasteiger partial charge in [-0.3, -0.25) is 5.10 Å². The van der Waals surface area contributed by atoms with E-state index in [2.05, 4.69) is 25.5 Å². The summed E-state index contributed by atoms with van der Waals surface area (Å²) in [7, 11) is -3.55. The first-order chi connectivity index (χ1) is 16.5. The van der Waals surface area contributed by atoms with Crippen LogP contribution in [0.2, 0.25) is 5.02 Å². The standard InChI is InChI=1S/C22H20ClFN8O2S/c1-10(2)32-21-17(19(31-32)12-5-6-14(23)18-13(12)9-26-30-18)20(25)28-22(29-21)27-16-7-4-11(8-15(16)24)35(3,33)34/h4-10H,1-3H3,(H,26,30)(H3,25,27,28,29). The highest BCUT2D eigenvalue weighted by Gasteiger charge is 2.23. The van der Waals surface area contributed by atoms with E-state index in [1.54, 1.807) is 16.9 Å². The van der Waals surface area contributed by atoms with Crippen molar-refractivity contribution in [1.29, 1.82) is 0 Å². The van der Waals surface area contributed by atoms with Crippen LogP contribution in [0.3, 0.4) is 0 Å². The average molecular weight is 515 g/mol. The van der Waals surface area contributed by atoms with E-state index in [0.717, 1.165) is 23.3 Å². The van der Waals surface area contributed by atoms with Gasteiger partial charge in [0.25, 0.3) is 0 Å². The Morgan fingerprint density at radius 2 is 1.97 bits per heavy atom. The lowest BCUT2D eigenvalue weighted by Crippen LogP contribution is -2.07. The molecule has 0 saturated carbocycles. The molecule has 0 saturated heterocycles. The fourth-order valence-electron chi connectivity index (χ4n) is 3.83. The summed E-state index contributed by atoms with van der Waals surface area (Å²) in [5.41, 5.74) is 8.80. The molecule has 0 fully saturated rings. The summed E-state index contributed by atoms with van der Waals surface area (Å²) >= 11 is 6.29. The Labute approximate surface area is 204 Å². The summed E-state index contributed by atoms with van der Waals surface area (Å²) in [5, 5.41) is 16.3. The topological polar surface area (TPSA) is 144 Å². The Kier molecular flexibility index (Phi) is 5.37. The van der Waals surface area contributed by atoms with Crippen LogP contribution in [0.4, 0.5) is 21.8 Å². The monoisotopic (exact) mass is 514 g/mol. The van der Waals surface area contributed by atoms with Gasteiger partial charge >= 0.3 is 0 Å². The number of aromatic nitrogens is 6. The van der Waals surface area contributed by atoms with Crippen LogP contribution in [0.1, 0.15) is 19.9 Å². The molecule has 0 atom stereocenters. The fraction of sp³-hybridized carbons (Fsp3) is 0.182. The molecule has 0 aliphatic carbocycles. The number of nitrogens with two attached hydrogens (primary N) is 1. The minimum atomic E-state index is -3.55. The Hall–Kier alpha value is -3.77. The number of nitrogens with zero attached hydrogens (tertiary/aromatic N) is 5. The van der Waals surface area contributed by atoms with Crippen LogP contribution in [0.25, 0.3) is 33.2 Å². The van der Waals surface area contributed by atoms with Gasteiger partial charge in [0.05, 0.1) is 32.7 Å². The lowest BCUT2D eigenvalue weighted by atomic mass is 10.1. The zero-order chi connectivity index (χ0) is 25.1. The van der Waals surface area contributed by atoms with Crippen LogP contribution in [0, 0.1) is 5.82 Å². The maximum absolute atomic E-state index is 14.6. The molecule has 4 N–H and O–H groups in total. The number of halogens is 2. The molecule has 3 heterocycles. The van der Waals surface area contributed by atoms with Gasteiger partial charge < -0.3 is 11.1 Å². The number of nitrogen functional groups attached to an aromatic ring is 1. The molecule has 13 heteroatoms. The van der Waals surface area contributed by atoms with Gasteiger partial charge in [-0.2, -0.15) is 20.2 Å². The number of anilines is 3. The number of sulfone groups is 1. The van der Waals surface area contributed by atoms with E-state index in [1.807, 2.05) is 19.9 Å². The predicted octanol–water partition coefficient (Wildman–Crippen LogP) is 4.47. The Morgan fingerprint density at radius 1 is 1.20 bits per heavy atom. The molecule has 2 aromatic carbocycles. The zero-order valence-electron chi connectivity index (χ0n) is 18.8. The molecule has 0 aliphatic heterocycles. The molecule has 0 radical (unpaired) electrons. The van der Waals surface area contributed by atoms with Crippen molar-refractivity contribution >= 4 is 60.8 Å². The number of H-pyrrole nitrogens is 1. The van der Waals surface area contributed by atoms with Gasteiger partial charge in [0.2, 0.25) is 5.95 Å². The number of hydrogen-bond acceptors (Lipinski definition) is 8. The van der Waals surface area contributed by atoms with Gasteiger partial charge in [0.1, 0.15) is 17.3 Å². The van der Waals surface area contributed by atoms with Crippen LogP contribution in [-0.2, 0) is 9.84 Å². The predicted molar refractivity (Wildman–Crippen MR) is 133 cm³/mol. The third kappa shape index (κ3) is 3.94. The molecule has 0 unspecified atom stereocenters. The first-order valence-corrected chi connectivity index (χ1v) is 12.8. The van der Waals surface area contributed by atoms with E-state index in [9.17, 15) is 12.8 Å². The summed E-state index contributed by atoms with van der Waals surface area (Å²) in [6, 6.07) is 7.04. The van der Waals surface area contributed by atoms with Gasteiger partial charge in [-0.15, -0.1) is 0 Å². The zero-order valence-corrected chi connectivity index (χ0v) is 20.4. The quantitative estimate of drug-likeness (QED) is 0.311. The maximum atomic E-state index is 14.6. The van der Waals surface area contributed by atoms with Crippen LogP contribution in [0.15, 0.2) is 41.4 Å². The smallest absolute Gasteiger partial charge is 0.231 e. The SMILES string of the molecule is CC(C)n1nc(-c2ccc(Cl)c3[nH]ncc23)c2c(N)nc(Nc3ccc(S(C)(=O)=O)cc3F)nc21. The molecule has 3 aromatic heterocycles.